The average Bonchev–Trinajstić information content (AvgIpc) is 2.69. The molecule has 0 aliphatic carbocycles. The van der Waals surface area contributed by atoms with Gasteiger partial charge in [-0.15, -0.1) is 0 Å². The molecule has 1 aliphatic rings. The van der Waals surface area contributed by atoms with E-state index in [0.29, 0.717) is 0 Å². The van der Waals surface area contributed by atoms with E-state index in [1.54, 1.807) is 0 Å². The van der Waals surface area contributed by atoms with Gasteiger partial charge in [-0.1, -0.05) is 12.1 Å². The third kappa shape index (κ3) is 2.74. The Hall–Kier alpha value is -0.620. The van der Waals surface area contributed by atoms with Crippen molar-refractivity contribution in [2.75, 3.05) is 6.54 Å². The Morgan fingerprint density at radius 3 is 2.75 bits per heavy atom. The van der Waals surface area contributed by atoms with E-state index < -0.39 is 0 Å². The lowest BCUT2D eigenvalue weighted by Crippen LogP contribution is -2.39. The normalized spacial score (nSPS) is 21.2. The van der Waals surface area contributed by atoms with Gasteiger partial charge in [0.25, 0.3) is 0 Å². The van der Waals surface area contributed by atoms with Gasteiger partial charge in [0.1, 0.15) is 0 Å². The van der Waals surface area contributed by atoms with Crippen LogP contribution in [-0.4, -0.2) is 23.4 Å². The Morgan fingerprint density at radius 1 is 1.44 bits per heavy atom. The van der Waals surface area contributed by atoms with Crippen molar-refractivity contribution in [1.29, 1.82) is 0 Å². The highest BCUT2D eigenvalue weighted by atomic mass is 127. The van der Waals surface area contributed by atoms with E-state index in [4.69, 9.17) is 5.73 Å². The van der Waals surface area contributed by atoms with Crippen LogP contribution in [0.15, 0.2) is 24.3 Å². The summed E-state index contributed by atoms with van der Waals surface area (Å²) in [5, 5.41) is 0. The molecular weight excluding hydrogens is 315 g/mol. The molecule has 1 amide bonds. The highest BCUT2D eigenvalue weighted by Gasteiger charge is 2.28. The summed E-state index contributed by atoms with van der Waals surface area (Å²) in [6.45, 7) is 1.80. The number of halogens is 1. The van der Waals surface area contributed by atoms with Gasteiger partial charge in [-0.3, -0.25) is 9.69 Å². The van der Waals surface area contributed by atoms with Crippen molar-refractivity contribution in [2.45, 2.75) is 25.4 Å². The summed E-state index contributed by atoms with van der Waals surface area (Å²) in [6, 6.07) is 8.33. The van der Waals surface area contributed by atoms with Crippen LogP contribution in [0.4, 0.5) is 0 Å². The van der Waals surface area contributed by atoms with Crippen LogP contribution >= 0.6 is 22.6 Å². The van der Waals surface area contributed by atoms with Crippen molar-refractivity contribution < 1.29 is 4.79 Å². The molecule has 1 saturated heterocycles. The first-order valence-electron chi connectivity index (χ1n) is 5.44. The zero-order valence-corrected chi connectivity index (χ0v) is 11.2. The van der Waals surface area contributed by atoms with Crippen LogP contribution in [0.2, 0.25) is 0 Å². The lowest BCUT2D eigenvalue weighted by atomic mass is 10.2. The Balaban J connectivity index is 2.03. The van der Waals surface area contributed by atoms with E-state index in [1.807, 2.05) is 0 Å². The van der Waals surface area contributed by atoms with Gasteiger partial charge in [-0.25, -0.2) is 0 Å². The minimum Gasteiger partial charge on any atom is -0.368 e. The molecule has 1 aliphatic heterocycles. The van der Waals surface area contributed by atoms with Crippen LogP contribution < -0.4 is 5.73 Å². The van der Waals surface area contributed by atoms with Crippen LogP contribution in [0.5, 0.6) is 0 Å². The molecule has 3 nitrogen and oxygen atoms in total. The molecule has 1 unspecified atom stereocenters. The molecule has 1 aromatic carbocycles. The van der Waals surface area contributed by atoms with Gasteiger partial charge in [0.15, 0.2) is 0 Å². The standard InChI is InChI=1S/C12H15IN2O/c13-10-5-3-9(4-6-10)8-15-7-1-2-11(15)12(14)16/h3-6,11H,1-2,7-8H2,(H2,14,16). The first-order chi connectivity index (χ1) is 7.66. The summed E-state index contributed by atoms with van der Waals surface area (Å²) in [7, 11) is 0. The van der Waals surface area contributed by atoms with Gasteiger partial charge in [-0.2, -0.15) is 0 Å². The second kappa shape index (κ2) is 5.14. The fourth-order valence-corrected chi connectivity index (χ4v) is 2.52. The fraction of sp³-hybridized carbons (Fsp3) is 0.417. The number of carbonyl (C=O) groups is 1. The largest absolute Gasteiger partial charge is 0.368 e. The number of nitrogens with two attached hydrogens (primary N) is 1. The molecule has 86 valence electrons. The van der Waals surface area contributed by atoms with Crippen molar-refractivity contribution in [3.05, 3.63) is 33.4 Å². The van der Waals surface area contributed by atoms with Gasteiger partial charge >= 0.3 is 0 Å². The predicted molar refractivity (Wildman–Crippen MR) is 71.8 cm³/mol. The molecule has 1 heterocycles. The monoisotopic (exact) mass is 330 g/mol. The van der Waals surface area contributed by atoms with Crippen molar-refractivity contribution in [3.8, 4) is 0 Å². The van der Waals surface area contributed by atoms with E-state index >= 15 is 0 Å². The number of primary amides is 1. The number of nitrogens with zero attached hydrogens (tertiary/aromatic N) is 1. The molecule has 1 atom stereocenters. The first-order valence-corrected chi connectivity index (χ1v) is 6.52. The zero-order chi connectivity index (χ0) is 11.5. The third-order valence-electron chi connectivity index (χ3n) is 2.99. The van der Waals surface area contributed by atoms with Gasteiger partial charge in [0.2, 0.25) is 5.91 Å². The number of hydrogen-bond acceptors (Lipinski definition) is 2. The van der Waals surface area contributed by atoms with Crippen LogP contribution in [0.3, 0.4) is 0 Å². The number of hydrogen-bond donors (Lipinski definition) is 1. The molecule has 1 fully saturated rings. The number of likely N-dealkylation sites (tertiary alicyclic amines) is 1. The molecule has 2 N–H and O–H groups in total. The maximum absolute atomic E-state index is 11.2. The first kappa shape index (κ1) is 11.9. The number of carbonyl (C=O) groups excluding carboxylic acids is 1. The lowest BCUT2D eigenvalue weighted by Gasteiger charge is -2.21. The van der Waals surface area contributed by atoms with E-state index in [-0.39, 0.29) is 11.9 Å². The molecule has 0 bridgehead atoms. The van der Waals surface area contributed by atoms with Crippen molar-refractivity contribution in [1.82, 2.24) is 4.90 Å². The van der Waals surface area contributed by atoms with Gasteiger partial charge in [0.05, 0.1) is 6.04 Å². The van der Waals surface area contributed by atoms with E-state index in [9.17, 15) is 4.79 Å². The third-order valence-corrected chi connectivity index (χ3v) is 3.71. The molecule has 16 heavy (non-hydrogen) atoms. The summed E-state index contributed by atoms with van der Waals surface area (Å²) in [5.41, 5.74) is 6.63. The Labute approximate surface area is 109 Å². The zero-order valence-electron chi connectivity index (χ0n) is 9.03. The predicted octanol–water partition coefficient (Wildman–Crippen LogP) is 1.74. The minimum absolute atomic E-state index is 0.0701. The topological polar surface area (TPSA) is 46.3 Å². The maximum Gasteiger partial charge on any atom is 0.234 e. The van der Waals surface area contributed by atoms with Crippen LogP contribution in [0.1, 0.15) is 18.4 Å². The number of amides is 1. The van der Waals surface area contributed by atoms with Gasteiger partial charge in [-0.05, 0) is 59.7 Å². The Morgan fingerprint density at radius 2 is 2.12 bits per heavy atom. The molecule has 0 spiro atoms. The molecule has 4 heteroatoms. The van der Waals surface area contributed by atoms with Crippen molar-refractivity contribution >= 4 is 28.5 Å². The summed E-state index contributed by atoms with van der Waals surface area (Å²) in [4.78, 5) is 13.4. The second-order valence-electron chi connectivity index (χ2n) is 4.16. The lowest BCUT2D eigenvalue weighted by molar-refractivity contribution is -0.122. The van der Waals surface area contributed by atoms with E-state index in [1.165, 1.54) is 9.13 Å². The highest BCUT2D eigenvalue weighted by Crippen LogP contribution is 2.20. The summed E-state index contributed by atoms with van der Waals surface area (Å²) in [6.07, 6.45) is 1.97. The van der Waals surface area contributed by atoms with Crippen LogP contribution in [0.25, 0.3) is 0 Å². The van der Waals surface area contributed by atoms with Crippen LogP contribution in [-0.2, 0) is 11.3 Å². The van der Waals surface area contributed by atoms with Gasteiger partial charge < -0.3 is 5.73 Å². The van der Waals surface area contributed by atoms with Crippen molar-refractivity contribution in [3.63, 3.8) is 0 Å². The van der Waals surface area contributed by atoms with Crippen LogP contribution in [0, 0.1) is 3.57 Å². The molecular formula is C12H15IN2O. The number of rotatable bonds is 3. The van der Waals surface area contributed by atoms with Crippen molar-refractivity contribution in [2.24, 2.45) is 5.73 Å². The highest BCUT2D eigenvalue weighted by molar-refractivity contribution is 14.1. The molecule has 0 saturated carbocycles. The Kier molecular flexibility index (Phi) is 3.81. The molecule has 1 aromatic rings. The maximum atomic E-state index is 11.2. The molecule has 0 aromatic heterocycles. The SMILES string of the molecule is NC(=O)C1CCCN1Cc1ccc(I)cc1. The average molecular weight is 330 g/mol. The quantitative estimate of drug-likeness (QED) is 0.858. The van der Waals surface area contributed by atoms with Gasteiger partial charge in [0, 0.05) is 10.1 Å². The Bertz CT molecular complexity index is 377. The smallest absolute Gasteiger partial charge is 0.234 e. The van der Waals surface area contributed by atoms with E-state index in [0.717, 1.165) is 25.9 Å². The summed E-state index contributed by atoms with van der Waals surface area (Å²) < 4.78 is 1.23. The molecule has 2 rings (SSSR count). The fourth-order valence-electron chi connectivity index (χ4n) is 2.16. The second-order valence-corrected chi connectivity index (χ2v) is 5.40. The minimum atomic E-state index is -0.192. The number of benzene rings is 1. The molecule has 0 radical (unpaired) electrons. The summed E-state index contributed by atoms with van der Waals surface area (Å²) in [5.74, 6) is -0.192. The van der Waals surface area contributed by atoms with E-state index in [2.05, 4.69) is 51.8 Å². The summed E-state index contributed by atoms with van der Waals surface area (Å²) >= 11 is 2.29.